The highest BCUT2D eigenvalue weighted by Crippen LogP contribution is 2.53. The molecule has 0 aliphatic carbocycles. The molecule has 0 saturated carbocycles. The third-order valence-corrected chi connectivity index (χ3v) is 4.63. The van der Waals surface area contributed by atoms with Crippen LogP contribution in [0.4, 0.5) is 0 Å². The molecule has 0 rings (SSSR count). The van der Waals surface area contributed by atoms with E-state index in [9.17, 15) is 4.57 Å². The van der Waals surface area contributed by atoms with Crippen molar-refractivity contribution in [3.05, 3.63) is 0 Å². The van der Waals surface area contributed by atoms with Crippen LogP contribution in [0.3, 0.4) is 0 Å². The summed E-state index contributed by atoms with van der Waals surface area (Å²) in [6.45, 7) is 11.7. The first-order valence-corrected chi connectivity index (χ1v) is 8.48. The molecule has 0 N–H and O–H groups in total. The Morgan fingerprint density at radius 2 is 1.22 bits per heavy atom. The predicted molar refractivity (Wildman–Crippen MR) is 74.7 cm³/mol. The average molecular weight is 280 g/mol. The number of phosphoric ester groups is 1. The van der Waals surface area contributed by atoms with Gasteiger partial charge in [-0.2, -0.15) is 0 Å². The summed E-state index contributed by atoms with van der Waals surface area (Å²) in [5, 5.41) is 0. The molecular formula is C13H29O4P. The Morgan fingerprint density at radius 1 is 0.833 bits per heavy atom. The van der Waals surface area contributed by atoms with E-state index in [1.54, 1.807) is 0 Å². The number of rotatable bonds is 10. The molecule has 18 heavy (non-hydrogen) atoms. The van der Waals surface area contributed by atoms with E-state index in [1.807, 2.05) is 34.6 Å². The van der Waals surface area contributed by atoms with Gasteiger partial charge in [-0.3, -0.25) is 13.6 Å². The van der Waals surface area contributed by atoms with Crippen molar-refractivity contribution in [2.24, 2.45) is 0 Å². The number of phosphoric acid groups is 1. The van der Waals surface area contributed by atoms with Crippen molar-refractivity contribution in [2.45, 2.75) is 85.5 Å². The third-order valence-electron chi connectivity index (χ3n) is 2.77. The standard InChI is InChI=1S/C13H29O4P/c1-7-10-13(6)17-18(14,15-11(4)8-2)16-12(5)9-3/h11-13H,7-10H2,1-6H3. The second-order valence-electron chi connectivity index (χ2n) is 4.80. The lowest BCUT2D eigenvalue weighted by Gasteiger charge is -2.26. The summed E-state index contributed by atoms with van der Waals surface area (Å²) >= 11 is 0. The first kappa shape index (κ1) is 18.1. The summed E-state index contributed by atoms with van der Waals surface area (Å²) in [6.07, 6.45) is 3.00. The van der Waals surface area contributed by atoms with E-state index in [2.05, 4.69) is 6.92 Å². The van der Waals surface area contributed by atoms with Crippen LogP contribution in [0.2, 0.25) is 0 Å². The van der Waals surface area contributed by atoms with Gasteiger partial charge < -0.3 is 0 Å². The molecule has 3 atom stereocenters. The largest absolute Gasteiger partial charge is 0.475 e. The van der Waals surface area contributed by atoms with Crippen LogP contribution < -0.4 is 0 Å². The van der Waals surface area contributed by atoms with Crippen LogP contribution in [-0.4, -0.2) is 18.3 Å². The first-order chi connectivity index (χ1) is 8.36. The van der Waals surface area contributed by atoms with Crippen molar-refractivity contribution in [3.63, 3.8) is 0 Å². The zero-order chi connectivity index (χ0) is 14.2. The number of hydrogen-bond acceptors (Lipinski definition) is 4. The molecule has 0 aromatic carbocycles. The van der Waals surface area contributed by atoms with Crippen molar-refractivity contribution in [2.75, 3.05) is 0 Å². The fourth-order valence-corrected chi connectivity index (χ4v) is 3.22. The molecule has 3 unspecified atom stereocenters. The summed E-state index contributed by atoms with van der Waals surface area (Å²) in [7, 11) is -3.45. The molecule has 0 aromatic heterocycles. The van der Waals surface area contributed by atoms with Gasteiger partial charge in [0, 0.05) is 0 Å². The van der Waals surface area contributed by atoms with Crippen molar-refractivity contribution in [1.82, 2.24) is 0 Å². The fraction of sp³-hybridized carbons (Fsp3) is 1.00. The molecule has 0 spiro atoms. The van der Waals surface area contributed by atoms with Crippen LogP contribution in [0.1, 0.15) is 67.2 Å². The van der Waals surface area contributed by atoms with E-state index >= 15 is 0 Å². The quantitative estimate of drug-likeness (QED) is 0.532. The normalized spacial score (nSPS) is 20.1. The lowest BCUT2D eigenvalue weighted by Crippen LogP contribution is -2.16. The molecule has 0 aliphatic rings. The Labute approximate surface area is 112 Å². The molecular weight excluding hydrogens is 251 g/mol. The summed E-state index contributed by atoms with van der Waals surface area (Å²) in [6, 6.07) is 0. The topological polar surface area (TPSA) is 44.8 Å². The lowest BCUT2D eigenvalue weighted by atomic mass is 10.2. The van der Waals surface area contributed by atoms with Gasteiger partial charge in [-0.1, -0.05) is 27.2 Å². The summed E-state index contributed by atoms with van der Waals surface area (Å²) in [5.41, 5.74) is 0. The van der Waals surface area contributed by atoms with Gasteiger partial charge in [0.1, 0.15) is 0 Å². The highest BCUT2D eigenvalue weighted by molar-refractivity contribution is 7.48. The molecule has 0 heterocycles. The van der Waals surface area contributed by atoms with E-state index < -0.39 is 7.82 Å². The molecule has 5 heteroatoms. The van der Waals surface area contributed by atoms with Gasteiger partial charge in [-0.05, 0) is 40.0 Å². The minimum Gasteiger partial charge on any atom is -0.284 e. The Hall–Kier alpha value is 0.110. The molecule has 110 valence electrons. The maximum atomic E-state index is 12.6. The van der Waals surface area contributed by atoms with Crippen LogP contribution >= 0.6 is 7.82 Å². The highest BCUT2D eigenvalue weighted by Gasteiger charge is 2.32. The van der Waals surface area contributed by atoms with Gasteiger partial charge in [0.15, 0.2) is 0 Å². The van der Waals surface area contributed by atoms with Crippen LogP contribution in [0, 0.1) is 0 Å². The highest BCUT2D eigenvalue weighted by atomic mass is 31.2. The Bertz CT molecular complexity index is 241. The van der Waals surface area contributed by atoms with Gasteiger partial charge >= 0.3 is 7.82 Å². The zero-order valence-electron chi connectivity index (χ0n) is 12.6. The van der Waals surface area contributed by atoms with E-state index in [-0.39, 0.29) is 18.3 Å². The first-order valence-electron chi connectivity index (χ1n) is 7.02. The van der Waals surface area contributed by atoms with E-state index in [0.29, 0.717) is 0 Å². The van der Waals surface area contributed by atoms with Crippen LogP contribution in [0.5, 0.6) is 0 Å². The van der Waals surface area contributed by atoms with Crippen molar-refractivity contribution < 1.29 is 18.1 Å². The smallest absolute Gasteiger partial charge is 0.284 e. The van der Waals surface area contributed by atoms with E-state index in [1.165, 1.54) is 0 Å². The molecule has 0 aliphatic heterocycles. The van der Waals surface area contributed by atoms with Crippen molar-refractivity contribution >= 4 is 7.82 Å². The van der Waals surface area contributed by atoms with Gasteiger partial charge in [0.2, 0.25) is 0 Å². The minimum atomic E-state index is -3.45. The third kappa shape index (κ3) is 7.52. The van der Waals surface area contributed by atoms with Gasteiger partial charge in [0.25, 0.3) is 0 Å². The molecule has 0 aromatic rings. The monoisotopic (exact) mass is 280 g/mol. The summed E-state index contributed by atoms with van der Waals surface area (Å²) in [5.74, 6) is 0. The van der Waals surface area contributed by atoms with Crippen LogP contribution in [0.25, 0.3) is 0 Å². The molecule has 0 bridgehead atoms. The summed E-state index contributed by atoms with van der Waals surface area (Å²) < 4.78 is 29.1. The van der Waals surface area contributed by atoms with Gasteiger partial charge in [0.05, 0.1) is 18.3 Å². The zero-order valence-corrected chi connectivity index (χ0v) is 13.5. The maximum absolute atomic E-state index is 12.6. The van der Waals surface area contributed by atoms with Crippen molar-refractivity contribution in [3.8, 4) is 0 Å². The molecule has 4 nitrogen and oxygen atoms in total. The average Bonchev–Trinajstić information content (AvgIpc) is 2.28. The minimum absolute atomic E-state index is 0.117. The maximum Gasteiger partial charge on any atom is 0.475 e. The van der Waals surface area contributed by atoms with Gasteiger partial charge in [-0.15, -0.1) is 0 Å². The molecule has 0 fully saturated rings. The van der Waals surface area contributed by atoms with E-state index in [0.717, 1.165) is 25.7 Å². The second kappa shape index (κ2) is 9.08. The fourth-order valence-electron chi connectivity index (χ4n) is 1.34. The molecule has 0 saturated heterocycles. The molecule has 0 amide bonds. The second-order valence-corrected chi connectivity index (χ2v) is 6.33. The Kier molecular flexibility index (Phi) is 9.14. The lowest BCUT2D eigenvalue weighted by molar-refractivity contribution is 0.0395. The van der Waals surface area contributed by atoms with E-state index in [4.69, 9.17) is 13.6 Å². The Balaban J connectivity index is 4.63. The predicted octanol–water partition coefficient (Wildman–Crippen LogP) is 4.93. The Morgan fingerprint density at radius 3 is 1.56 bits per heavy atom. The van der Waals surface area contributed by atoms with Gasteiger partial charge in [-0.25, -0.2) is 4.57 Å². The van der Waals surface area contributed by atoms with Crippen LogP contribution in [-0.2, 0) is 18.1 Å². The van der Waals surface area contributed by atoms with Crippen LogP contribution in [0.15, 0.2) is 0 Å². The number of hydrogen-bond donors (Lipinski definition) is 0. The summed E-state index contributed by atoms with van der Waals surface area (Å²) in [4.78, 5) is 0. The SMILES string of the molecule is CCCC(C)OP(=O)(OC(C)CC)OC(C)CC. The molecule has 0 radical (unpaired) electrons. The van der Waals surface area contributed by atoms with Crippen molar-refractivity contribution in [1.29, 1.82) is 0 Å².